The number of para-hydroxylation sites is 1. The molecule has 2 saturated heterocycles. The van der Waals surface area contributed by atoms with Gasteiger partial charge in [-0.1, -0.05) is 25.1 Å². The molecule has 1 aromatic carbocycles. The number of morpholine rings is 1. The molecule has 0 saturated carbocycles. The molecule has 0 aromatic heterocycles. The van der Waals surface area contributed by atoms with E-state index in [0.29, 0.717) is 5.92 Å². The first kappa shape index (κ1) is 22.8. The first-order valence-electron chi connectivity index (χ1n) is 11.5. The van der Waals surface area contributed by atoms with Crippen LogP contribution in [0, 0.1) is 5.92 Å². The number of guanidine groups is 1. The van der Waals surface area contributed by atoms with Crippen LogP contribution in [-0.2, 0) is 4.74 Å². The number of nitrogens with zero attached hydrogens (tertiary/aromatic N) is 4. The number of benzene rings is 1. The minimum absolute atomic E-state index is 0.549. The van der Waals surface area contributed by atoms with Gasteiger partial charge in [-0.25, -0.2) is 0 Å². The van der Waals surface area contributed by atoms with E-state index in [9.17, 15) is 0 Å². The molecule has 3 rings (SSSR count). The van der Waals surface area contributed by atoms with Crippen LogP contribution in [0.3, 0.4) is 0 Å². The average molecular weight is 418 g/mol. The first-order valence-corrected chi connectivity index (χ1v) is 11.5. The number of nitrogens with one attached hydrogen (secondary N) is 1. The lowest BCUT2D eigenvalue weighted by atomic mass is 10.1. The van der Waals surface area contributed by atoms with Crippen molar-refractivity contribution in [2.45, 2.75) is 13.8 Å². The third-order valence-corrected chi connectivity index (χ3v) is 5.65. The number of ether oxygens (including phenoxy) is 2. The Morgan fingerprint density at radius 2 is 1.80 bits per heavy atom. The number of aliphatic imine (C=N–C) groups is 1. The molecule has 1 aromatic rings. The lowest BCUT2D eigenvalue weighted by Crippen LogP contribution is -2.53. The van der Waals surface area contributed by atoms with Crippen LogP contribution in [0.2, 0.25) is 0 Å². The second kappa shape index (κ2) is 12.8. The van der Waals surface area contributed by atoms with Gasteiger partial charge in [0.1, 0.15) is 12.4 Å². The third kappa shape index (κ3) is 7.78. The minimum atomic E-state index is 0.549. The molecule has 2 aliphatic heterocycles. The number of hydrogen-bond donors (Lipinski definition) is 1. The SMILES string of the molecule is CCNC(=NCC(C)CN1CCOCC1)N1CCN(CCOc2ccccc2)CC1. The van der Waals surface area contributed by atoms with Gasteiger partial charge < -0.3 is 19.7 Å². The van der Waals surface area contributed by atoms with Crippen molar-refractivity contribution < 1.29 is 9.47 Å². The molecule has 0 aliphatic carbocycles. The van der Waals surface area contributed by atoms with Crippen molar-refractivity contribution in [1.82, 2.24) is 20.0 Å². The molecule has 0 radical (unpaired) electrons. The summed E-state index contributed by atoms with van der Waals surface area (Å²) in [5, 5.41) is 3.49. The Morgan fingerprint density at radius 1 is 1.07 bits per heavy atom. The highest BCUT2D eigenvalue weighted by Gasteiger charge is 2.20. The normalized spacial score (nSPS) is 20.2. The smallest absolute Gasteiger partial charge is 0.194 e. The van der Waals surface area contributed by atoms with Crippen LogP contribution in [0.5, 0.6) is 5.75 Å². The molecule has 2 heterocycles. The van der Waals surface area contributed by atoms with Gasteiger partial charge in [-0.3, -0.25) is 14.8 Å². The van der Waals surface area contributed by atoms with E-state index in [0.717, 1.165) is 97.0 Å². The van der Waals surface area contributed by atoms with E-state index in [2.05, 4.69) is 33.9 Å². The summed E-state index contributed by atoms with van der Waals surface area (Å²) in [5.41, 5.74) is 0. The fourth-order valence-corrected chi connectivity index (χ4v) is 3.94. The summed E-state index contributed by atoms with van der Waals surface area (Å²) in [6.45, 7) is 16.9. The summed E-state index contributed by atoms with van der Waals surface area (Å²) >= 11 is 0. The highest BCUT2D eigenvalue weighted by atomic mass is 16.5. The highest BCUT2D eigenvalue weighted by molar-refractivity contribution is 5.80. The van der Waals surface area contributed by atoms with Crippen molar-refractivity contribution in [2.24, 2.45) is 10.9 Å². The van der Waals surface area contributed by atoms with Crippen LogP contribution >= 0.6 is 0 Å². The Hall–Kier alpha value is -1.83. The zero-order valence-corrected chi connectivity index (χ0v) is 18.8. The second-order valence-electron chi connectivity index (χ2n) is 8.20. The van der Waals surface area contributed by atoms with Gasteiger partial charge in [0.05, 0.1) is 13.2 Å². The van der Waals surface area contributed by atoms with Crippen LogP contribution in [0.4, 0.5) is 0 Å². The predicted octanol–water partition coefficient (Wildman–Crippen LogP) is 1.62. The summed E-state index contributed by atoms with van der Waals surface area (Å²) in [7, 11) is 0. The van der Waals surface area contributed by atoms with E-state index >= 15 is 0 Å². The molecule has 168 valence electrons. The van der Waals surface area contributed by atoms with Gasteiger partial charge in [0.25, 0.3) is 0 Å². The summed E-state index contributed by atoms with van der Waals surface area (Å²) in [4.78, 5) is 12.3. The molecule has 0 spiro atoms. The maximum absolute atomic E-state index is 5.85. The van der Waals surface area contributed by atoms with Crippen molar-refractivity contribution in [3.63, 3.8) is 0 Å². The maximum atomic E-state index is 5.85. The van der Waals surface area contributed by atoms with Crippen LogP contribution in [-0.4, -0.2) is 106 Å². The van der Waals surface area contributed by atoms with Gasteiger partial charge in [-0.15, -0.1) is 0 Å². The van der Waals surface area contributed by atoms with Crippen molar-refractivity contribution in [3.8, 4) is 5.75 Å². The quantitative estimate of drug-likeness (QED) is 0.487. The third-order valence-electron chi connectivity index (χ3n) is 5.65. The second-order valence-corrected chi connectivity index (χ2v) is 8.20. The van der Waals surface area contributed by atoms with Gasteiger partial charge in [-0.05, 0) is 25.0 Å². The molecule has 1 atom stereocenters. The van der Waals surface area contributed by atoms with E-state index in [1.54, 1.807) is 0 Å². The van der Waals surface area contributed by atoms with Crippen LogP contribution in [0.25, 0.3) is 0 Å². The van der Waals surface area contributed by atoms with Crippen molar-refractivity contribution in [3.05, 3.63) is 30.3 Å². The van der Waals surface area contributed by atoms with Crippen molar-refractivity contribution in [2.75, 3.05) is 85.3 Å². The minimum Gasteiger partial charge on any atom is -0.492 e. The monoisotopic (exact) mass is 417 g/mol. The molecule has 1 unspecified atom stereocenters. The predicted molar refractivity (Wildman–Crippen MR) is 122 cm³/mol. The molecule has 7 nitrogen and oxygen atoms in total. The topological polar surface area (TPSA) is 52.6 Å². The number of piperazine rings is 1. The Labute approximate surface area is 182 Å². The van der Waals surface area contributed by atoms with Crippen LogP contribution in [0.1, 0.15) is 13.8 Å². The Balaban J connectivity index is 1.38. The Morgan fingerprint density at radius 3 is 2.50 bits per heavy atom. The van der Waals surface area contributed by atoms with E-state index in [-0.39, 0.29) is 0 Å². The lowest BCUT2D eigenvalue weighted by Gasteiger charge is -2.36. The van der Waals surface area contributed by atoms with Gasteiger partial charge in [0, 0.05) is 65.4 Å². The largest absolute Gasteiger partial charge is 0.492 e. The summed E-state index contributed by atoms with van der Waals surface area (Å²) in [5.74, 6) is 2.56. The summed E-state index contributed by atoms with van der Waals surface area (Å²) in [6, 6.07) is 10.1. The standard InChI is InChI=1S/C23H39N5O2/c1-3-24-23(25-19-21(2)20-27-13-16-29-17-14-27)28-11-9-26(10-12-28)15-18-30-22-7-5-4-6-8-22/h4-8,21H,3,9-20H2,1-2H3,(H,24,25). The van der Waals surface area contributed by atoms with Crippen LogP contribution < -0.4 is 10.1 Å². The van der Waals surface area contributed by atoms with Crippen LogP contribution in [0.15, 0.2) is 35.3 Å². The molecule has 0 bridgehead atoms. The number of rotatable bonds is 9. The molecule has 7 heteroatoms. The molecule has 1 N–H and O–H groups in total. The molecular weight excluding hydrogens is 378 g/mol. The number of hydrogen-bond acceptors (Lipinski definition) is 5. The summed E-state index contributed by atoms with van der Waals surface area (Å²) in [6.07, 6.45) is 0. The van der Waals surface area contributed by atoms with Gasteiger partial charge >= 0.3 is 0 Å². The molecule has 2 aliphatic rings. The fourth-order valence-electron chi connectivity index (χ4n) is 3.94. The molecule has 2 fully saturated rings. The highest BCUT2D eigenvalue weighted by Crippen LogP contribution is 2.09. The molecular formula is C23H39N5O2. The Kier molecular flexibility index (Phi) is 9.73. The van der Waals surface area contributed by atoms with Crippen molar-refractivity contribution >= 4 is 5.96 Å². The van der Waals surface area contributed by atoms with E-state index in [1.165, 1.54) is 0 Å². The molecule has 0 amide bonds. The lowest BCUT2D eigenvalue weighted by molar-refractivity contribution is 0.0323. The van der Waals surface area contributed by atoms with Gasteiger partial charge in [-0.2, -0.15) is 0 Å². The summed E-state index contributed by atoms with van der Waals surface area (Å²) < 4.78 is 11.3. The van der Waals surface area contributed by atoms with E-state index < -0.39 is 0 Å². The zero-order valence-electron chi connectivity index (χ0n) is 18.8. The van der Waals surface area contributed by atoms with Gasteiger partial charge in [0.2, 0.25) is 0 Å². The zero-order chi connectivity index (χ0) is 21.0. The maximum Gasteiger partial charge on any atom is 0.194 e. The fraction of sp³-hybridized carbons (Fsp3) is 0.696. The Bertz CT molecular complexity index is 613. The van der Waals surface area contributed by atoms with Gasteiger partial charge in [0.15, 0.2) is 5.96 Å². The average Bonchev–Trinajstić information content (AvgIpc) is 2.79. The van der Waals surface area contributed by atoms with Crippen molar-refractivity contribution in [1.29, 1.82) is 0 Å². The van der Waals surface area contributed by atoms with E-state index in [1.807, 2.05) is 30.3 Å². The first-order chi connectivity index (χ1) is 14.7. The van der Waals surface area contributed by atoms with E-state index in [4.69, 9.17) is 14.5 Å². The molecule has 30 heavy (non-hydrogen) atoms.